The molecule has 22 nitrogen and oxygen atoms in total. The number of nitrogens with zero attached hydrogens (tertiary/aromatic N) is 2. The van der Waals surface area contributed by atoms with Gasteiger partial charge in [-0.25, -0.2) is 28.8 Å². The lowest BCUT2D eigenvalue weighted by Gasteiger charge is -2.22. The van der Waals surface area contributed by atoms with Gasteiger partial charge in [0, 0.05) is 108 Å². The van der Waals surface area contributed by atoms with Gasteiger partial charge in [-0.2, -0.15) is 47.0 Å². The number of amides is 8. The molecule has 111 heavy (non-hydrogen) atoms. The van der Waals surface area contributed by atoms with Crippen LogP contribution in [0.25, 0.3) is 0 Å². The average Bonchev–Trinajstić information content (AvgIpc) is 1.70. The van der Waals surface area contributed by atoms with Crippen molar-refractivity contribution >= 4 is 106 Å². The Kier molecular flexibility index (Phi) is 40.3. The van der Waals surface area contributed by atoms with Crippen molar-refractivity contribution in [2.45, 2.75) is 339 Å². The molecule has 2 aromatic carbocycles. The molecular formula is C85H132N10O12S4. The summed E-state index contributed by atoms with van der Waals surface area (Å²) in [5, 5.41) is 35.3. The predicted molar refractivity (Wildman–Crippen MR) is 448 cm³/mol. The van der Waals surface area contributed by atoms with E-state index < -0.39 is 5.97 Å². The number of benzene rings is 2. The Morgan fingerprint density at radius 2 is 0.568 bits per heavy atom. The number of ketones is 4. The van der Waals surface area contributed by atoms with Crippen molar-refractivity contribution in [2.24, 2.45) is 0 Å². The molecule has 8 fully saturated rings. The minimum Gasteiger partial charge on any atom is -0.478 e. The number of hydrogen-bond donors (Lipinski definition) is 9. The molecule has 0 aliphatic carbocycles. The second-order valence-electron chi connectivity index (χ2n) is 32.4. The lowest BCUT2D eigenvalue weighted by Crippen LogP contribution is -2.36. The van der Waals surface area contributed by atoms with Crippen LogP contribution in [0.3, 0.4) is 0 Å². The highest BCUT2D eigenvalue weighted by Crippen LogP contribution is 2.37. The molecule has 26 heteroatoms. The standard InChI is InChI=1S/C43H67N5O6S2.C42H65N5O6S2/c1-54-41(51)32-24-22-31(23-25-32)28-48(26-14-6-2-4-8-16-33(49)18-10-12-20-37-39-35(29-55-37)44-42(52)46-39)27-15-7-3-5-9-17-34(50)19-11-13-21-38-40-36(30-56-38)45-43(53)47-40;48-32(17-9-11-19-36-38-34(28-54-36)43-41(52)45-38)15-7-3-1-5-13-25-47(27-30-21-23-31(24-22-30)40(50)51)26-14-6-2-4-8-16-33(49)18-10-12-20-37-39-35(29-55-37)44-42(53)46-39/h22-25,35-40H,2-21,26-30H2,1H3,(H2,44,46,52)(H2,45,47,53);21-24,34-39H,1-20,25-29H2,(H,50,51)(H2,43,45,52)(H2,44,46,53). The minimum atomic E-state index is -0.904. The second kappa shape index (κ2) is 50.1. The fraction of sp³-hybridized carbons (Fsp3) is 0.741. The summed E-state index contributed by atoms with van der Waals surface area (Å²) in [7, 11) is 1.40. The van der Waals surface area contributed by atoms with Gasteiger partial charge >= 0.3 is 36.1 Å². The minimum absolute atomic E-state index is 0.0395. The van der Waals surface area contributed by atoms with Crippen LogP contribution in [0.4, 0.5) is 19.2 Å². The van der Waals surface area contributed by atoms with Crippen LogP contribution in [0.5, 0.6) is 0 Å². The number of urea groups is 4. The largest absolute Gasteiger partial charge is 0.478 e. The Morgan fingerprint density at radius 3 is 0.820 bits per heavy atom. The number of esters is 1. The van der Waals surface area contributed by atoms with Crippen molar-refractivity contribution in [1.82, 2.24) is 52.3 Å². The van der Waals surface area contributed by atoms with Crippen molar-refractivity contribution in [1.29, 1.82) is 0 Å². The van der Waals surface area contributed by atoms with E-state index in [9.17, 15) is 53.1 Å². The number of ether oxygens (including phenoxy) is 1. The molecule has 0 spiro atoms. The van der Waals surface area contributed by atoms with E-state index in [1.54, 1.807) is 12.1 Å². The summed E-state index contributed by atoms with van der Waals surface area (Å²) in [4.78, 5) is 125. The number of carboxylic acid groups (broad SMARTS) is 1. The van der Waals surface area contributed by atoms with Gasteiger partial charge in [0.05, 0.1) is 66.6 Å². The Balaban J connectivity index is 0.000000255. The van der Waals surface area contributed by atoms with Gasteiger partial charge in [0.25, 0.3) is 0 Å². The van der Waals surface area contributed by atoms with Crippen molar-refractivity contribution in [2.75, 3.05) is 56.3 Å². The van der Waals surface area contributed by atoms with E-state index in [0.717, 1.165) is 273 Å². The van der Waals surface area contributed by atoms with Crippen molar-refractivity contribution in [3.63, 3.8) is 0 Å². The molecule has 12 atom stereocenters. The van der Waals surface area contributed by atoms with Crippen LogP contribution in [-0.4, -0.2) is 200 Å². The number of methoxy groups -OCH3 is 1. The molecule has 618 valence electrons. The average molecular weight is 1610 g/mol. The van der Waals surface area contributed by atoms with Crippen LogP contribution < -0.4 is 42.5 Å². The number of rotatable bonds is 58. The SMILES string of the molecule is COC(=O)c1ccc(CN(CCCCCCCC(=O)CCCCC2SCC3NC(=O)NC32)CCCCCCCC(=O)CCCCC2SCC3NC(=O)NC32)cc1.O=C(CCCCCCCN(CCCCCCCC(=O)CCCCC1SCC2NC(=O)NC21)Cc1ccc(C(=O)O)cc1)CCCCC1SCC2NC(=O)NC21. The fourth-order valence-electron chi connectivity index (χ4n) is 17.2. The molecule has 8 saturated heterocycles. The molecule has 12 unspecified atom stereocenters. The summed E-state index contributed by atoms with van der Waals surface area (Å²) >= 11 is 7.74. The summed E-state index contributed by atoms with van der Waals surface area (Å²) in [5.74, 6) is 4.22. The fourth-order valence-corrected chi connectivity index (χ4v) is 23.3. The van der Waals surface area contributed by atoms with Gasteiger partial charge in [-0.05, 0) is 164 Å². The molecular weight excluding hydrogens is 1480 g/mol. The first kappa shape index (κ1) is 89.4. The first-order chi connectivity index (χ1) is 54.0. The zero-order chi connectivity index (χ0) is 78.4. The van der Waals surface area contributed by atoms with E-state index in [1.165, 1.54) is 12.7 Å². The third kappa shape index (κ3) is 32.2. The highest BCUT2D eigenvalue weighted by atomic mass is 32.2. The molecule has 9 N–H and O–H groups in total. The van der Waals surface area contributed by atoms with Gasteiger partial charge in [0.2, 0.25) is 0 Å². The van der Waals surface area contributed by atoms with E-state index >= 15 is 0 Å². The van der Waals surface area contributed by atoms with E-state index in [4.69, 9.17) is 4.74 Å². The number of fused-ring (bicyclic) bond motifs is 4. The summed E-state index contributed by atoms with van der Waals surface area (Å²) in [6, 6.07) is 16.8. The first-order valence-electron chi connectivity index (χ1n) is 42.8. The normalized spacial score (nSPS) is 23.8. The van der Waals surface area contributed by atoms with Gasteiger partial charge < -0.3 is 52.4 Å². The molecule has 8 amide bonds. The Hall–Kier alpha value is -5.54. The van der Waals surface area contributed by atoms with Crippen LogP contribution in [0.1, 0.15) is 289 Å². The maximum absolute atomic E-state index is 12.5. The second-order valence-corrected chi connectivity index (χ2v) is 37.5. The first-order valence-corrected chi connectivity index (χ1v) is 47.0. The molecule has 0 bridgehead atoms. The number of unbranched alkanes of at least 4 members (excludes halogenated alkanes) is 20. The Morgan fingerprint density at radius 1 is 0.333 bits per heavy atom. The topological polar surface area (TPSA) is 303 Å². The molecule has 8 aliphatic heterocycles. The lowest BCUT2D eigenvalue weighted by atomic mass is 10.0. The summed E-state index contributed by atoms with van der Waals surface area (Å²) in [5.41, 5.74) is 3.20. The third-order valence-corrected chi connectivity index (χ3v) is 29.7. The van der Waals surface area contributed by atoms with Crippen LogP contribution in [0.2, 0.25) is 0 Å². The maximum Gasteiger partial charge on any atom is 0.337 e. The van der Waals surface area contributed by atoms with E-state index in [1.807, 2.05) is 83.4 Å². The van der Waals surface area contributed by atoms with Crippen molar-refractivity contribution < 1.29 is 57.8 Å². The molecule has 2 aromatic rings. The van der Waals surface area contributed by atoms with Gasteiger partial charge in [-0.3, -0.25) is 29.0 Å². The van der Waals surface area contributed by atoms with Crippen molar-refractivity contribution in [3.8, 4) is 0 Å². The number of thioether (sulfide) groups is 4. The van der Waals surface area contributed by atoms with Gasteiger partial charge in [0.1, 0.15) is 23.1 Å². The summed E-state index contributed by atoms with van der Waals surface area (Å²) < 4.78 is 4.86. The number of hydrogen-bond acceptors (Lipinski definition) is 17. The van der Waals surface area contributed by atoms with E-state index in [-0.39, 0.29) is 78.4 Å². The monoisotopic (exact) mass is 1610 g/mol. The Bertz CT molecular complexity index is 3080. The summed E-state index contributed by atoms with van der Waals surface area (Å²) in [6.07, 6.45) is 39.4. The number of Topliss-reactive ketones (excluding diaryl/α,β-unsaturated/α-hetero) is 4. The quantitative estimate of drug-likeness (QED) is 0.0169. The van der Waals surface area contributed by atoms with Crippen LogP contribution in [0, 0.1) is 0 Å². The zero-order valence-electron chi connectivity index (χ0n) is 66.4. The molecule has 0 aromatic heterocycles. The number of aromatic carboxylic acids is 1. The highest BCUT2D eigenvalue weighted by molar-refractivity contribution is 8.01. The van der Waals surface area contributed by atoms with E-state index in [2.05, 4.69) is 52.3 Å². The van der Waals surface area contributed by atoms with Gasteiger partial charge in [0.15, 0.2) is 0 Å². The number of carboxylic acids is 1. The zero-order valence-corrected chi connectivity index (χ0v) is 69.6. The highest BCUT2D eigenvalue weighted by Gasteiger charge is 2.46. The molecule has 8 aliphatic rings. The Labute approximate surface area is 678 Å². The number of carbonyl (C=O) groups excluding carboxylic acids is 9. The smallest absolute Gasteiger partial charge is 0.337 e. The number of nitrogens with one attached hydrogen (secondary N) is 8. The molecule has 0 radical (unpaired) electrons. The van der Waals surface area contributed by atoms with Gasteiger partial charge in [-0.15, -0.1) is 0 Å². The predicted octanol–water partition coefficient (Wildman–Crippen LogP) is 15.0. The lowest BCUT2D eigenvalue weighted by molar-refractivity contribution is -0.120. The maximum atomic E-state index is 12.5. The van der Waals surface area contributed by atoms with E-state index in [0.29, 0.717) is 107 Å². The van der Waals surface area contributed by atoms with Gasteiger partial charge in [-0.1, -0.05) is 127 Å². The van der Waals surface area contributed by atoms with Crippen LogP contribution in [0.15, 0.2) is 48.5 Å². The van der Waals surface area contributed by atoms with Crippen LogP contribution >= 0.6 is 47.0 Å². The molecule has 0 saturated carbocycles. The van der Waals surface area contributed by atoms with Crippen molar-refractivity contribution in [3.05, 3.63) is 70.8 Å². The molecule has 10 rings (SSSR count). The summed E-state index contributed by atoms with van der Waals surface area (Å²) in [6.45, 7) is 5.71. The molecule has 8 heterocycles. The van der Waals surface area contributed by atoms with Crippen LogP contribution in [-0.2, 0) is 37.0 Å². The third-order valence-electron chi connectivity index (χ3n) is 23.6. The number of carbonyl (C=O) groups is 10.